The fraction of sp³-hybridized carbons (Fsp3) is 0.786. The Morgan fingerprint density at radius 3 is 2.41 bits per heavy atom. The smallest absolute Gasteiger partial charge is 0.105 e. The Bertz CT molecular complexity index is 376. The molecule has 1 aromatic rings. The van der Waals surface area contributed by atoms with Gasteiger partial charge in [-0.3, -0.25) is 0 Å². The van der Waals surface area contributed by atoms with Crippen LogP contribution in [0.1, 0.15) is 33.5 Å². The van der Waals surface area contributed by atoms with Crippen molar-refractivity contribution in [3.8, 4) is 0 Å². The van der Waals surface area contributed by atoms with Gasteiger partial charge in [-0.1, -0.05) is 27.7 Å². The Morgan fingerprint density at radius 1 is 1.29 bits per heavy atom. The quantitative estimate of drug-likeness (QED) is 0.795. The monoisotopic (exact) mass is 235 g/mol. The van der Waals surface area contributed by atoms with E-state index in [1.807, 2.05) is 19.3 Å². The second kappa shape index (κ2) is 4.13. The highest BCUT2D eigenvalue weighted by atomic mass is 15.1. The number of aryl methyl sites for hydroxylation is 1. The van der Waals surface area contributed by atoms with Gasteiger partial charge in [0.05, 0.1) is 0 Å². The largest absolute Gasteiger partial charge is 0.334 e. The van der Waals surface area contributed by atoms with Gasteiger partial charge >= 0.3 is 0 Å². The third-order valence-electron chi connectivity index (χ3n) is 5.12. The molecule has 0 aromatic carbocycles. The molecule has 1 N–H and O–H groups in total. The minimum Gasteiger partial charge on any atom is -0.334 e. The second-order valence-corrected chi connectivity index (χ2v) is 6.37. The van der Waals surface area contributed by atoms with Gasteiger partial charge in [-0.25, -0.2) is 4.98 Å². The van der Waals surface area contributed by atoms with E-state index in [2.05, 4.69) is 42.6 Å². The van der Waals surface area contributed by atoms with Crippen LogP contribution in [0.5, 0.6) is 0 Å². The molecule has 17 heavy (non-hydrogen) atoms. The lowest BCUT2D eigenvalue weighted by molar-refractivity contribution is 0.457. The molecule has 1 aromatic heterocycles. The molecule has 3 heteroatoms. The van der Waals surface area contributed by atoms with Crippen molar-refractivity contribution < 1.29 is 0 Å². The van der Waals surface area contributed by atoms with Gasteiger partial charge in [0.1, 0.15) is 5.82 Å². The van der Waals surface area contributed by atoms with Gasteiger partial charge < -0.3 is 9.88 Å². The molecule has 1 saturated carbocycles. The summed E-state index contributed by atoms with van der Waals surface area (Å²) >= 11 is 0. The van der Waals surface area contributed by atoms with E-state index in [9.17, 15) is 0 Å². The Kier molecular flexibility index (Phi) is 3.06. The highest BCUT2D eigenvalue weighted by Gasteiger charge is 2.63. The van der Waals surface area contributed by atoms with Gasteiger partial charge in [-0.2, -0.15) is 0 Å². The average molecular weight is 235 g/mol. The van der Waals surface area contributed by atoms with Crippen LogP contribution < -0.4 is 5.32 Å². The van der Waals surface area contributed by atoms with Crippen LogP contribution in [0.3, 0.4) is 0 Å². The lowest BCUT2D eigenvalue weighted by atomic mass is 10.0. The van der Waals surface area contributed by atoms with E-state index < -0.39 is 0 Å². The van der Waals surface area contributed by atoms with Gasteiger partial charge in [0, 0.05) is 25.5 Å². The second-order valence-electron chi connectivity index (χ2n) is 6.37. The highest BCUT2D eigenvalue weighted by Crippen LogP contribution is 2.67. The number of hydrogen-bond donors (Lipinski definition) is 1. The van der Waals surface area contributed by atoms with Gasteiger partial charge in [-0.15, -0.1) is 0 Å². The number of imidazole rings is 1. The number of nitrogens with one attached hydrogen (secondary N) is 1. The minimum absolute atomic E-state index is 0.491. The van der Waals surface area contributed by atoms with Crippen LogP contribution >= 0.6 is 0 Å². The molecule has 0 spiro atoms. The summed E-state index contributed by atoms with van der Waals surface area (Å²) in [6, 6.07) is 0. The van der Waals surface area contributed by atoms with E-state index >= 15 is 0 Å². The third-order valence-corrected chi connectivity index (χ3v) is 5.12. The average Bonchev–Trinajstić information content (AvgIpc) is 2.56. The lowest BCUT2D eigenvalue weighted by Gasteiger charge is -2.08. The fourth-order valence-electron chi connectivity index (χ4n) is 2.93. The summed E-state index contributed by atoms with van der Waals surface area (Å²) in [5.41, 5.74) is 0.982. The predicted octanol–water partition coefficient (Wildman–Crippen LogP) is 2.46. The maximum atomic E-state index is 4.22. The molecular formula is C14H25N3. The van der Waals surface area contributed by atoms with Gasteiger partial charge in [-0.05, 0) is 30.2 Å². The van der Waals surface area contributed by atoms with Crippen LogP contribution in [0.15, 0.2) is 12.4 Å². The molecule has 0 unspecified atom stereocenters. The van der Waals surface area contributed by atoms with E-state index in [1.165, 1.54) is 0 Å². The van der Waals surface area contributed by atoms with Crippen molar-refractivity contribution in [1.82, 2.24) is 14.9 Å². The summed E-state index contributed by atoms with van der Waals surface area (Å²) in [6.07, 6.45) is 3.91. The molecule has 0 aliphatic heterocycles. The number of aromatic nitrogens is 2. The Labute approximate surface area is 105 Å². The van der Waals surface area contributed by atoms with Gasteiger partial charge in [0.25, 0.3) is 0 Å². The van der Waals surface area contributed by atoms with Crippen molar-refractivity contribution in [3.63, 3.8) is 0 Å². The zero-order valence-electron chi connectivity index (χ0n) is 11.7. The standard InChI is InChI=1S/C14H25N3/c1-11-16-7-9-17(11)8-6-15-10-12-13(2,3)14(12,4)5/h7,9,12,15H,6,8,10H2,1-5H3. The molecule has 0 radical (unpaired) electrons. The first-order valence-electron chi connectivity index (χ1n) is 6.56. The van der Waals surface area contributed by atoms with E-state index in [4.69, 9.17) is 0 Å². The summed E-state index contributed by atoms with van der Waals surface area (Å²) in [7, 11) is 0. The zero-order chi connectivity index (χ0) is 12.7. The van der Waals surface area contributed by atoms with E-state index in [1.54, 1.807) is 0 Å². The summed E-state index contributed by atoms with van der Waals surface area (Å²) in [5.74, 6) is 1.90. The normalized spacial score (nSPS) is 21.7. The van der Waals surface area contributed by atoms with Crippen molar-refractivity contribution in [1.29, 1.82) is 0 Å². The van der Waals surface area contributed by atoms with Gasteiger partial charge in [0.2, 0.25) is 0 Å². The molecule has 1 fully saturated rings. The molecule has 0 saturated heterocycles. The summed E-state index contributed by atoms with van der Waals surface area (Å²) in [6.45, 7) is 14.7. The van der Waals surface area contributed by atoms with Crippen LogP contribution in [-0.4, -0.2) is 22.6 Å². The number of nitrogens with zero attached hydrogens (tertiary/aromatic N) is 2. The van der Waals surface area contributed by atoms with Crippen molar-refractivity contribution in [3.05, 3.63) is 18.2 Å². The first-order valence-corrected chi connectivity index (χ1v) is 6.56. The van der Waals surface area contributed by atoms with Crippen molar-refractivity contribution in [2.24, 2.45) is 16.7 Å². The molecule has 0 bridgehead atoms. The Hall–Kier alpha value is -0.830. The first-order chi connectivity index (χ1) is 7.87. The minimum atomic E-state index is 0.491. The first kappa shape index (κ1) is 12.6. The molecule has 1 aliphatic carbocycles. The molecule has 0 atom stereocenters. The van der Waals surface area contributed by atoms with Crippen LogP contribution in [0, 0.1) is 23.7 Å². The highest BCUT2D eigenvalue weighted by molar-refractivity contribution is 5.12. The molecule has 1 heterocycles. The molecule has 2 rings (SSSR count). The van der Waals surface area contributed by atoms with Crippen LogP contribution in [-0.2, 0) is 6.54 Å². The van der Waals surface area contributed by atoms with E-state index in [0.717, 1.165) is 31.4 Å². The van der Waals surface area contributed by atoms with Gasteiger partial charge in [0.15, 0.2) is 0 Å². The molecule has 3 nitrogen and oxygen atoms in total. The lowest BCUT2D eigenvalue weighted by Crippen LogP contribution is -2.24. The third kappa shape index (κ3) is 2.13. The van der Waals surface area contributed by atoms with E-state index in [0.29, 0.717) is 10.8 Å². The summed E-state index contributed by atoms with van der Waals surface area (Å²) in [4.78, 5) is 4.22. The predicted molar refractivity (Wildman–Crippen MR) is 70.9 cm³/mol. The van der Waals surface area contributed by atoms with Crippen LogP contribution in [0.25, 0.3) is 0 Å². The van der Waals surface area contributed by atoms with Crippen LogP contribution in [0.2, 0.25) is 0 Å². The molecular weight excluding hydrogens is 210 g/mol. The maximum absolute atomic E-state index is 4.22. The maximum Gasteiger partial charge on any atom is 0.105 e. The zero-order valence-corrected chi connectivity index (χ0v) is 11.7. The Balaban J connectivity index is 1.70. The topological polar surface area (TPSA) is 29.9 Å². The van der Waals surface area contributed by atoms with E-state index in [-0.39, 0.29) is 0 Å². The SMILES string of the molecule is Cc1nccn1CCNCC1C(C)(C)C1(C)C. The summed E-state index contributed by atoms with van der Waals surface area (Å²) < 4.78 is 2.19. The number of hydrogen-bond acceptors (Lipinski definition) is 2. The molecule has 1 aliphatic rings. The van der Waals surface area contributed by atoms with Crippen molar-refractivity contribution in [2.45, 2.75) is 41.2 Å². The Morgan fingerprint density at radius 2 is 1.94 bits per heavy atom. The fourth-order valence-corrected chi connectivity index (χ4v) is 2.93. The molecule has 96 valence electrons. The van der Waals surface area contributed by atoms with Crippen LogP contribution in [0.4, 0.5) is 0 Å². The number of rotatable bonds is 5. The van der Waals surface area contributed by atoms with Crippen molar-refractivity contribution >= 4 is 0 Å². The van der Waals surface area contributed by atoms with Crippen molar-refractivity contribution in [2.75, 3.05) is 13.1 Å². The summed E-state index contributed by atoms with van der Waals surface area (Å²) in [5, 5.41) is 3.58. The molecule has 0 amide bonds.